The Morgan fingerprint density at radius 3 is 2.23 bits per heavy atom. The van der Waals surface area contributed by atoms with Gasteiger partial charge in [0, 0.05) is 5.69 Å². The van der Waals surface area contributed by atoms with Gasteiger partial charge in [0.1, 0.15) is 4.90 Å². The summed E-state index contributed by atoms with van der Waals surface area (Å²) in [6.07, 6.45) is 0. The number of nitrogens with two attached hydrogens (primary N) is 2. The van der Waals surface area contributed by atoms with Crippen LogP contribution >= 0.6 is 0 Å². The van der Waals surface area contributed by atoms with Crippen LogP contribution in [0.15, 0.2) is 17.0 Å². The van der Waals surface area contributed by atoms with Gasteiger partial charge in [-0.1, -0.05) is 0 Å². The van der Waals surface area contributed by atoms with Crippen molar-refractivity contribution >= 4 is 15.7 Å². The third-order valence-electron chi connectivity index (χ3n) is 1.32. The van der Waals surface area contributed by atoms with Gasteiger partial charge < -0.3 is 5.73 Å². The van der Waals surface area contributed by atoms with E-state index in [1.165, 1.54) is 0 Å². The lowest BCUT2D eigenvalue weighted by molar-refractivity contribution is 0.485. The Kier molecular flexibility index (Phi) is 2.22. The molecular formula is C6H6F2N2O2S. The number of anilines is 1. The van der Waals surface area contributed by atoms with Crippen LogP contribution in [0.2, 0.25) is 0 Å². The quantitative estimate of drug-likeness (QED) is 0.646. The maximum absolute atomic E-state index is 12.8. The number of benzene rings is 1. The molecule has 0 radical (unpaired) electrons. The molecule has 4 N–H and O–H groups in total. The summed E-state index contributed by atoms with van der Waals surface area (Å²) in [6, 6.07) is 1.43. The highest BCUT2D eigenvalue weighted by Crippen LogP contribution is 2.19. The van der Waals surface area contributed by atoms with Crippen LogP contribution in [0, 0.1) is 11.6 Å². The number of nitrogen functional groups attached to an aromatic ring is 1. The monoisotopic (exact) mass is 208 g/mol. The number of hydrogen-bond acceptors (Lipinski definition) is 3. The molecule has 0 aliphatic rings. The van der Waals surface area contributed by atoms with Gasteiger partial charge in [-0.05, 0) is 12.1 Å². The first-order valence-corrected chi connectivity index (χ1v) is 4.64. The molecule has 0 aliphatic carbocycles. The van der Waals surface area contributed by atoms with Gasteiger partial charge in [0.25, 0.3) is 0 Å². The van der Waals surface area contributed by atoms with Gasteiger partial charge in [-0.15, -0.1) is 0 Å². The van der Waals surface area contributed by atoms with Gasteiger partial charge in [-0.2, -0.15) is 0 Å². The number of hydrogen-bond donors (Lipinski definition) is 2. The van der Waals surface area contributed by atoms with E-state index in [1.807, 2.05) is 0 Å². The predicted molar refractivity (Wildman–Crippen MR) is 42.1 cm³/mol. The molecule has 4 nitrogen and oxygen atoms in total. The highest BCUT2D eigenvalue weighted by atomic mass is 32.2. The Labute approximate surface area is 73.2 Å². The molecule has 13 heavy (non-hydrogen) atoms. The molecular weight excluding hydrogens is 202 g/mol. The lowest BCUT2D eigenvalue weighted by Gasteiger charge is -2.02. The first-order valence-electron chi connectivity index (χ1n) is 3.09. The van der Waals surface area contributed by atoms with E-state index >= 15 is 0 Å². The van der Waals surface area contributed by atoms with Crippen LogP contribution < -0.4 is 10.9 Å². The Morgan fingerprint density at radius 2 is 1.77 bits per heavy atom. The first kappa shape index (κ1) is 9.87. The molecule has 0 bridgehead atoms. The molecule has 1 rings (SSSR count). The number of sulfonamides is 1. The minimum Gasteiger partial charge on any atom is -0.399 e. The Bertz CT molecular complexity index is 444. The van der Waals surface area contributed by atoms with Crippen molar-refractivity contribution < 1.29 is 17.2 Å². The van der Waals surface area contributed by atoms with Crippen molar-refractivity contribution in [1.82, 2.24) is 0 Å². The zero-order valence-corrected chi connectivity index (χ0v) is 7.11. The average molecular weight is 208 g/mol. The molecule has 0 saturated carbocycles. The maximum Gasteiger partial charge on any atom is 0.241 e. The second kappa shape index (κ2) is 2.93. The summed E-state index contributed by atoms with van der Waals surface area (Å²) >= 11 is 0. The van der Waals surface area contributed by atoms with Crippen molar-refractivity contribution in [3.63, 3.8) is 0 Å². The fourth-order valence-corrected chi connectivity index (χ4v) is 1.44. The first-order chi connectivity index (χ1) is 5.82. The van der Waals surface area contributed by atoms with Crippen molar-refractivity contribution in [2.24, 2.45) is 5.14 Å². The van der Waals surface area contributed by atoms with Gasteiger partial charge in [-0.25, -0.2) is 22.3 Å². The van der Waals surface area contributed by atoms with Crippen LogP contribution in [0.5, 0.6) is 0 Å². The molecule has 0 spiro atoms. The van der Waals surface area contributed by atoms with Crippen LogP contribution in [0.25, 0.3) is 0 Å². The zero-order chi connectivity index (χ0) is 10.2. The summed E-state index contributed by atoms with van der Waals surface area (Å²) < 4.78 is 46.7. The van der Waals surface area contributed by atoms with Gasteiger partial charge in [0.2, 0.25) is 10.0 Å². The summed E-state index contributed by atoms with van der Waals surface area (Å²) in [7, 11) is -4.27. The smallest absolute Gasteiger partial charge is 0.241 e. The standard InChI is InChI=1S/C6H6F2N2O2S/c7-4-1-3(9)2-5(6(4)8)13(10,11)12/h1-2H,9H2,(H2,10,11,12). The predicted octanol–water partition coefficient (Wildman–Crippen LogP) is 0.194. The molecule has 0 fully saturated rings. The lowest BCUT2D eigenvalue weighted by Crippen LogP contribution is -2.15. The Hall–Kier alpha value is -1.21. The van der Waals surface area contributed by atoms with Crippen molar-refractivity contribution in [2.75, 3.05) is 5.73 Å². The van der Waals surface area contributed by atoms with Gasteiger partial charge in [0.15, 0.2) is 11.6 Å². The van der Waals surface area contributed by atoms with Crippen molar-refractivity contribution in [2.45, 2.75) is 4.90 Å². The molecule has 0 heterocycles. The lowest BCUT2D eigenvalue weighted by atomic mass is 10.3. The van der Waals surface area contributed by atoms with Gasteiger partial charge in [0.05, 0.1) is 0 Å². The summed E-state index contributed by atoms with van der Waals surface area (Å²) in [5.74, 6) is -2.86. The molecule has 0 aliphatic heterocycles. The van der Waals surface area contributed by atoms with E-state index in [9.17, 15) is 17.2 Å². The summed E-state index contributed by atoms with van der Waals surface area (Å²) in [5, 5.41) is 4.61. The van der Waals surface area contributed by atoms with Crippen molar-refractivity contribution in [3.05, 3.63) is 23.8 Å². The average Bonchev–Trinajstić information content (AvgIpc) is 1.94. The fraction of sp³-hybridized carbons (Fsp3) is 0. The third kappa shape index (κ3) is 1.93. The second-order valence-corrected chi connectivity index (χ2v) is 3.89. The van der Waals surface area contributed by atoms with Crippen LogP contribution in [0.4, 0.5) is 14.5 Å². The minimum atomic E-state index is -4.27. The third-order valence-corrected chi connectivity index (χ3v) is 2.23. The largest absolute Gasteiger partial charge is 0.399 e. The molecule has 7 heteroatoms. The number of primary sulfonamides is 1. The van der Waals surface area contributed by atoms with Gasteiger partial charge >= 0.3 is 0 Å². The van der Waals surface area contributed by atoms with Crippen LogP contribution in [-0.2, 0) is 10.0 Å². The molecule has 0 aromatic heterocycles. The summed E-state index contributed by atoms with van der Waals surface area (Å²) in [4.78, 5) is -0.940. The SMILES string of the molecule is Nc1cc(F)c(F)c(S(N)(=O)=O)c1. The zero-order valence-electron chi connectivity index (χ0n) is 6.29. The Balaban J connectivity index is 3.56. The van der Waals surface area contributed by atoms with E-state index in [-0.39, 0.29) is 5.69 Å². The topological polar surface area (TPSA) is 86.2 Å². The number of rotatable bonds is 1. The number of halogens is 2. The van der Waals surface area contributed by atoms with Crippen molar-refractivity contribution in [3.8, 4) is 0 Å². The normalized spacial score (nSPS) is 11.6. The van der Waals surface area contributed by atoms with Crippen LogP contribution in [0.3, 0.4) is 0 Å². The molecule has 72 valence electrons. The highest BCUT2D eigenvalue weighted by molar-refractivity contribution is 7.89. The van der Waals surface area contributed by atoms with E-state index in [4.69, 9.17) is 5.73 Å². The van der Waals surface area contributed by atoms with Crippen LogP contribution in [0.1, 0.15) is 0 Å². The molecule has 0 atom stereocenters. The molecule has 0 unspecified atom stereocenters. The maximum atomic E-state index is 12.8. The van der Waals surface area contributed by atoms with Gasteiger partial charge in [-0.3, -0.25) is 0 Å². The fourth-order valence-electron chi connectivity index (χ4n) is 0.791. The minimum absolute atomic E-state index is 0.206. The molecule has 1 aromatic rings. The van der Waals surface area contributed by atoms with Crippen molar-refractivity contribution in [1.29, 1.82) is 0 Å². The van der Waals surface area contributed by atoms with E-state index < -0.39 is 26.6 Å². The Morgan fingerprint density at radius 1 is 1.23 bits per heavy atom. The summed E-state index contributed by atoms with van der Waals surface area (Å²) in [5.41, 5.74) is 4.89. The molecule has 1 aromatic carbocycles. The molecule has 0 amide bonds. The van der Waals surface area contributed by atoms with E-state index in [1.54, 1.807) is 0 Å². The highest BCUT2D eigenvalue weighted by Gasteiger charge is 2.18. The van der Waals surface area contributed by atoms with E-state index in [0.717, 1.165) is 6.07 Å². The molecule has 0 saturated heterocycles. The van der Waals surface area contributed by atoms with E-state index in [2.05, 4.69) is 5.14 Å². The van der Waals surface area contributed by atoms with Crippen LogP contribution in [-0.4, -0.2) is 8.42 Å². The summed E-state index contributed by atoms with van der Waals surface area (Å²) in [6.45, 7) is 0. The van der Waals surface area contributed by atoms with E-state index in [0.29, 0.717) is 6.07 Å². The second-order valence-electron chi connectivity index (χ2n) is 2.36.